The molecule has 0 unspecified atom stereocenters. The van der Waals surface area contributed by atoms with Crippen molar-refractivity contribution in [2.45, 2.75) is 6.54 Å². The number of amides is 1. The molecule has 0 fully saturated rings. The Kier molecular flexibility index (Phi) is 3.91. The molecule has 0 bridgehead atoms. The van der Waals surface area contributed by atoms with Crippen LogP contribution in [0.2, 0.25) is 0 Å². The lowest BCUT2D eigenvalue weighted by Gasteiger charge is -1.98. The van der Waals surface area contributed by atoms with Gasteiger partial charge < -0.3 is 10.4 Å². The van der Waals surface area contributed by atoms with E-state index in [1.807, 2.05) is 0 Å². The van der Waals surface area contributed by atoms with Crippen LogP contribution >= 0.6 is 22.9 Å². The molecule has 2 N–H and O–H groups in total. The van der Waals surface area contributed by atoms with Crippen LogP contribution in [-0.2, 0) is 11.3 Å². The first-order valence-electron chi connectivity index (χ1n) is 3.78. The fourth-order valence-corrected chi connectivity index (χ4v) is 1.70. The Morgan fingerprint density at radius 3 is 2.71 bits per heavy atom. The van der Waals surface area contributed by atoms with Crippen LogP contribution in [0.5, 0.6) is 0 Å². The van der Waals surface area contributed by atoms with Gasteiger partial charge in [-0.3, -0.25) is 4.79 Å². The predicted molar refractivity (Wildman–Crippen MR) is 53.8 cm³/mol. The van der Waals surface area contributed by atoms with Crippen LogP contribution in [-0.4, -0.2) is 22.9 Å². The molecule has 1 aromatic rings. The van der Waals surface area contributed by atoms with E-state index >= 15 is 0 Å². The van der Waals surface area contributed by atoms with Crippen molar-refractivity contribution >= 4 is 34.8 Å². The lowest BCUT2D eigenvalue weighted by atomic mass is 10.4. The van der Waals surface area contributed by atoms with E-state index in [1.165, 1.54) is 6.07 Å². The molecule has 0 spiro atoms. The SMILES string of the molecule is O=C(CCl)NCc1ccc(C(=O)O)s1. The highest BCUT2D eigenvalue weighted by Crippen LogP contribution is 2.15. The zero-order valence-corrected chi connectivity index (χ0v) is 8.69. The number of carboxylic acid groups (broad SMARTS) is 1. The number of thiophene rings is 1. The van der Waals surface area contributed by atoms with E-state index in [4.69, 9.17) is 16.7 Å². The summed E-state index contributed by atoms with van der Waals surface area (Å²) in [4.78, 5) is 22.3. The molecule has 1 heterocycles. The number of halogens is 1. The second-order valence-electron chi connectivity index (χ2n) is 2.48. The zero-order chi connectivity index (χ0) is 10.6. The highest BCUT2D eigenvalue weighted by molar-refractivity contribution is 7.13. The summed E-state index contributed by atoms with van der Waals surface area (Å²) in [5, 5.41) is 11.2. The topological polar surface area (TPSA) is 66.4 Å². The standard InChI is InChI=1S/C8H8ClNO3S/c9-3-7(11)10-4-5-1-2-6(14-5)8(12)13/h1-2H,3-4H2,(H,10,11)(H,12,13). The van der Waals surface area contributed by atoms with Gasteiger partial charge in [0.15, 0.2) is 0 Å². The summed E-state index contributed by atoms with van der Waals surface area (Å²) in [6.07, 6.45) is 0. The normalized spacial score (nSPS) is 9.79. The van der Waals surface area contributed by atoms with E-state index in [2.05, 4.69) is 5.32 Å². The molecule has 76 valence electrons. The van der Waals surface area contributed by atoms with Crippen molar-refractivity contribution < 1.29 is 14.7 Å². The molecule has 0 saturated heterocycles. The number of carboxylic acids is 1. The number of nitrogens with one attached hydrogen (secondary N) is 1. The maximum absolute atomic E-state index is 10.8. The van der Waals surface area contributed by atoms with Gasteiger partial charge in [-0.1, -0.05) is 0 Å². The van der Waals surface area contributed by atoms with Crippen LogP contribution in [0.4, 0.5) is 0 Å². The minimum absolute atomic E-state index is 0.0861. The molecule has 0 saturated carbocycles. The Morgan fingerprint density at radius 2 is 2.21 bits per heavy atom. The minimum atomic E-state index is -0.954. The van der Waals surface area contributed by atoms with Gasteiger partial charge in [0.25, 0.3) is 0 Å². The number of carbonyl (C=O) groups excluding carboxylic acids is 1. The quantitative estimate of drug-likeness (QED) is 0.771. The molecule has 0 aromatic carbocycles. The number of rotatable bonds is 4. The van der Waals surface area contributed by atoms with Crippen molar-refractivity contribution in [3.05, 3.63) is 21.9 Å². The van der Waals surface area contributed by atoms with Crippen molar-refractivity contribution in [1.82, 2.24) is 5.32 Å². The van der Waals surface area contributed by atoms with Crippen LogP contribution < -0.4 is 5.32 Å². The summed E-state index contributed by atoms with van der Waals surface area (Å²) in [5.41, 5.74) is 0. The molecule has 1 aromatic heterocycles. The van der Waals surface area contributed by atoms with Crippen LogP contribution in [0, 0.1) is 0 Å². The molecule has 0 aliphatic carbocycles. The van der Waals surface area contributed by atoms with E-state index in [0.29, 0.717) is 6.54 Å². The molecule has 4 nitrogen and oxygen atoms in total. The Morgan fingerprint density at radius 1 is 1.50 bits per heavy atom. The summed E-state index contributed by atoms with van der Waals surface area (Å²) in [6.45, 7) is 0.323. The van der Waals surface area contributed by atoms with Crippen molar-refractivity contribution in [3.63, 3.8) is 0 Å². The largest absolute Gasteiger partial charge is 0.477 e. The van der Waals surface area contributed by atoms with Gasteiger partial charge in [-0.2, -0.15) is 0 Å². The molecule has 1 rings (SSSR count). The Labute approximate surface area is 89.5 Å². The maximum Gasteiger partial charge on any atom is 0.345 e. The Balaban J connectivity index is 2.52. The van der Waals surface area contributed by atoms with Gasteiger partial charge >= 0.3 is 5.97 Å². The molecule has 14 heavy (non-hydrogen) atoms. The number of carbonyl (C=O) groups is 2. The van der Waals surface area contributed by atoms with E-state index in [-0.39, 0.29) is 16.7 Å². The molecule has 0 aliphatic rings. The third-order valence-corrected chi connectivity index (χ3v) is 2.77. The van der Waals surface area contributed by atoms with E-state index in [0.717, 1.165) is 16.2 Å². The molecule has 1 amide bonds. The number of hydrogen-bond acceptors (Lipinski definition) is 3. The monoisotopic (exact) mass is 233 g/mol. The first-order valence-corrected chi connectivity index (χ1v) is 5.13. The van der Waals surface area contributed by atoms with Crippen LogP contribution in [0.15, 0.2) is 12.1 Å². The first kappa shape index (κ1) is 11.0. The third kappa shape index (κ3) is 3.01. The van der Waals surface area contributed by atoms with Gasteiger partial charge in [-0.15, -0.1) is 22.9 Å². The fraction of sp³-hybridized carbons (Fsp3) is 0.250. The number of aromatic carboxylic acids is 1. The third-order valence-electron chi connectivity index (χ3n) is 1.45. The maximum atomic E-state index is 10.8. The lowest BCUT2D eigenvalue weighted by Crippen LogP contribution is -2.23. The van der Waals surface area contributed by atoms with E-state index in [9.17, 15) is 9.59 Å². The first-order chi connectivity index (χ1) is 6.63. The van der Waals surface area contributed by atoms with Crippen LogP contribution in [0.25, 0.3) is 0 Å². The molecule has 0 atom stereocenters. The molecular formula is C8H8ClNO3S. The highest BCUT2D eigenvalue weighted by Gasteiger charge is 2.07. The molecule has 0 aliphatic heterocycles. The van der Waals surface area contributed by atoms with Crippen molar-refractivity contribution in [2.24, 2.45) is 0 Å². The van der Waals surface area contributed by atoms with Gasteiger partial charge in [0.05, 0.1) is 6.54 Å². The molecule has 0 radical (unpaired) electrons. The summed E-state index contributed by atoms with van der Waals surface area (Å²) < 4.78 is 0. The minimum Gasteiger partial charge on any atom is -0.477 e. The Bertz CT molecular complexity index is 350. The van der Waals surface area contributed by atoms with E-state index < -0.39 is 5.97 Å². The van der Waals surface area contributed by atoms with Crippen molar-refractivity contribution in [3.8, 4) is 0 Å². The second-order valence-corrected chi connectivity index (χ2v) is 3.92. The van der Waals surface area contributed by atoms with Gasteiger partial charge in [0.1, 0.15) is 10.8 Å². The predicted octanol–water partition coefficient (Wildman–Crippen LogP) is 1.30. The highest BCUT2D eigenvalue weighted by atomic mass is 35.5. The fourth-order valence-electron chi connectivity index (χ4n) is 0.821. The molecular weight excluding hydrogens is 226 g/mol. The van der Waals surface area contributed by atoms with E-state index in [1.54, 1.807) is 6.07 Å². The van der Waals surface area contributed by atoms with Gasteiger partial charge in [0.2, 0.25) is 5.91 Å². The summed E-state index contributed by atoms with van der Waals surface area (Å²) in [5.74, 6) is -1.31. The number of hydrogen-bond donors (Lipinski definition) is 2. The van der Waals surface area contributed by atoms with Gasteiger partial charge in [0, 0.05) is 4.88 Å². The van der Waals surface area contributed by atoms with Crippen molar-refractivity contribution in [1.29, 1.82) is 0 Å². The van der Waals surface area contributed by atoms with Gasteiger partial charge in [-0.05, 0) is 12.1 Å². The zero-order valence-electron chi connectivity index (χ0n) is 7.12. The summed E-state index contributed by atoms with van der Waals surface area (Å²) in [7, 11) is 0. The lowest BCUT2D eigenvalue weighted by molar-refractivity contribution is -0.118. The van der Waals surface area contributed by atoms with Crippen LogP contribution in [0.1, 0.15) is 14.5 Å². The Hall–Kier alpha value is -1.07. The van der Waals surface area contributed by atoms with Crippen molar-refractivity contribution in [2.75, 3.05) is 5.88 Å². The average Bonchev–Trinajstić information content (AvgIpc) is 2.62. The van der Waals surface area contributed by atoms with Gasteiger partial charge in [-0.25, -0.2) is 4.79 Å². The van der Waals surface area contributed by atoms with Crippen LogP contribution in [0.3, 0.4) is 0 Å². The number of alkyl halides is 1. The average molecular weight is 234 g/mol. The second kappa shape index (κ2) is 4.97. The molecule has 6 heteroatoms. The summed E-state index contributed by atoms with van der Waals surface area (Å²) >= 11 is 6.41. The smallest absolute Gasteiger partial charge is 0.345 e. The summed E-state index contributed by atoms with van der Waals surface area (Å²) in [6, 6.07) is 3.18.